The lowest BCUT2D eigenvalue weighted by atomic mass is 10.2. The lowest BCUT2D eigenvalue weighted by Crippen LogP contribution is -2.49. The maximum atomic E-state index is 13.7. The van der Waals surface area contributed by atoms with E-state index in [0.717, 1.165) is 5.69 Å². The molecule has 7 nitrogen and oxygen atoms in total. The zero-order valence-corrected chi connectivity index (χ0v) is 15.0. The lowest BCUT2D eigenvalue weighted by molar-refractivity contribution is 0.102. The van der Waals surface area contributed by atoms with E-state index in [2.05, 4.69) is 10.3 Å². The quantitative estimate of drug-likeness (QED) is 0.893. The number of piperazine rings is 1. The van der Waals surface area contributed by atoms with Crippen molar-refractivity contribution in [2.45, 2.75) is 6.92 Å². The van der Waals surface area contributed by atoms with Gasteiger partial charge in [0.2, 0.25) is 0 Å². The zero-order chi connectivity index (χ0) is 19.2. The number of halogens is 1. The van der Waals surface area contributed by atoms with E-state index in [0.29, 0.717) is 38.3 Å². The van der Waals surface area contributed by atoms with Crippen LogP contribution in [-0.2, 0) is 4.74 Å². The fraction of sp³-hybridized carbons (Fsp3) is 0.316. The number of carbonyl (C=O) groups is 2. The molecule has 8 heteroatoms. The summed E-state index contributed by atoms with van der Waals surface area (Å²) in [5.41, 5.74) is 1.24. The van der Waals surface area contributed by atoms with E-state index in [4.69, 9.17) is 4.74 Å². The van der Waals surface area contributed by atoms with Crippen LogP contribution in [0.25, 0.3) is 0 Å². The predicted molar refractivity (Wildman–Crippen MR) is 99.4 cm³/mol. The van der Waals surface area contributed by atoms with Gasteiger partial charge in [0.25, 0.3) is 5.91 Å². The SMILES string of the molecule is CCOC(=O)N1CCN(c2cncc(C(=O)Nc3ccccc3F)c2)CC1. The molecular formula is C19H21FN4O3. The Kier molecular flexibility index (Phi) is 5.85. The summed E-state index contributed by atoms with van der Waals surface area (Å²) < 4.78 is 18.7. The molecule has 0 bridgehead atoms. The highest BCUT2D eigenvalue weighted by molar-refractivity contribution is 6.04. The molecule has 1 aromatic carbocycles. The van der Waals surface area contributed by atoms with Crippen molar-refractivity contribution in [3.63, 3.8) is 0 Å². The summed E-state index contributed by atoms with van der Waals surface area (Å²) in [6, 6.07) is 7.70. The Labute approximate surface area is 156 Å². The molecule has 1 aromatic heterocycles. The van der Waals surface area contributed by atoms with Gasteiger partial charge in [0.05, 0.1) is 29.7 Å². The van der Waals surface area contributed by atoms with E-state index in [1.54, 1.807) is 36.2 Å². The first-order valence-electron chi connectivity index (χ1n) is 8.76. The lowest BCUT2D eigenvalue weighted by Gasteiger charge is -2.35. The van der Waals surface area contributed by atoms with Crippen LogP contribution in [0, 0.1) is 5.82 Å². The van der Waals surface area contributed by atoms with Crippen LogP contribution < -0.4 is 10.2 Å². The van der Waals surface area contributed by atoms with Crippen LogP contribution in [0.3, 0.4) is 0 Å². The molecule has 3 rings (SSSR count). The van der Waals surface area contributed by atoms with Crippen LogP contribution in [0.4, 0.5) is 20.6 Å². The molecule has 0 spiro atoms. The maximum absolute atomic E-state index is 13.7. The molecule has 1 N–H and O–H groups in total. The highest BCUT2D eigenvalue weighted by Crippen LogP contribution is 2.19. The highest BCUT2D eigenvalue weighted by Gasteiger charge is 2.22. The monoisotopic (exact) mass is 372 g/mol. The number of hydrogen-bond donors (Lipinski definition) is 1. The number of ether oxygens (including phenoxy) is 1. The molecule has 1 aliphatic rings. The summed E-state index contributed by atoms with van der Waals surface area (Å²) in [5.74, 6) is -0.926. The number of para-hydroxylation sites is 1. The average Bonchev–Trinajstić information content (AvgIpc) is 2.70. The van der Waals surface area contributed by atoms with Crippen molar-refractivity contribution in [3.8, 4) is 0 Å². The van der Waals surface area contributed by atoms with E-state index in [-0.39, 0.29) is 11.8 Å². The van der Waals surface area contributed by atoms with Gasteiger partial charge in [-0.1, -0.05) is 12.1 Å². The molecule has 0 unspecified atom stereocenters. The van der Waals surface area contributed by atoms with Gasteiger partial charge in [-0.15, -0.1) is 0 Å². The first-order chi connectivity index (χ1) is 13.1. The van der Waals surface area contributed by atoms with E-state index in [1.807, 2.05) is 4.90 Å². The van der Waals surface area contributed by atoms with E-state index >= 15 is 0 Å². The summed E-state index contributed by atoms with van der Waals surface area (Å²) in [6.07, 6.45) is 2.79. The molecule has 2 aromatic rings. The Morgan fingerprint density at radius 2 is 1.93 bits per heavy atom. The molecule has 1 aliphatic heterocycles. The van der Waals surface area contributed by atoms with Gasteiger partial charge in [-0.05, 0) is 25.1 Å². The number of benzene rings is 1. The van der Waals surface area contributed by atoms with Crippen molar-refractivity contribution in [1.29, 1.82) is 0 Å². The summed E-state index contributed by atoms with van der Waals surface area (Å²) in [6.45, 7) is 4.41. The third-order valence-electron chi connectivity index (χ3n) is 4.28. The van der Waals surface area contributed by atoms with Crippen LogP contribution in [0.15, 0.2) is 42.7 Å². The highest BCUT2D eigenvalue weighted by atomic mass is 19.1. The standard InChI is InChI=1S/C19H21FN4O3/c1-2-27-19(26)24-9-7-23(8-10-24)15-11-14(12-21-13-15)18(25)22-17-6-4-3-5-16(17)20/h3-6,11-13H,2,7-10H2,1H3,(H,22,25). The minimum atomic E-state index is -0.495. The molecule has 0 radical (unpaired) electrons. The minimum Gasteiger partial charge on any atom is -0.450 e. The van der Waals surface area contributed by atoms with Gasteiger partial charge in [0.1, 0.15) is 5.82 Å². The minimum absolute atomic E-state index is 0.121. The first kappa shape index (κ1) is 18.6. The summed E-state index contributed by atoms with van der Waals surface area (Å²) in [4.78, 5) is 32.0. The molecule has 1 fully saturated rings. The van der Waals surface area contributed by atoms with E-state index in [1.165, 1.54) is 18.3 Å². The molecule has 1 saturated heterocycles. The Bertz CT molecular complexity index is 822. The summed E-state index contributed by atoms with van der Waals surface area (Å²) in [7, 11) is 0. The number of hydrogen-bond acceptors (Lipinski definition) is 5. The average molecular weight is 372 g/mol. The molecule has 142 valence electrons. The number of nitrogens with one attached hydrogen (secondary N) is 1. The number of amides is 2. The van der Waals surface area contributed by atoms with Crippen LogP contribution in [0.5, 0.6) is 0 Å². The topological polar surface area (TPSA) is 74.8 Å². The smallest absolute Gasteiger partial charge is 0.409 e. The van der Waals surface area contributed by atoms with Crippen molar-refractivity contribution in [2.24, 2.45) is 0 Å². The molecule has 2 heterocycles. The van der Waals surface area contributed by atoms with E-state index < -0.39 is 11.7 Å². The van der Waals surface area contributed by atoms with Gasteiger partial charge in [-0.2, -0.15) is 0 Å². The van der Waals surface area contributed by atoms with Gasteiger partial charge >= 0.3 is 6.09 Å². The third-order valence-corrected chi connectivity index (χ3v) is 4.28. The Morgan fingerprint density at radius 3 is 2.63 bits per heavy atom. The Hall–Kier alpha value is -3.16. The second-order valence-corrected chi connectivity index (χ2v) is 6.04. The largest absolute Gasteiger partial charge is 0.450 e. The maximum Gasteiger partial charge on any atom is 0.409 e. The van der Waals surface area contributed by atoms with Gasteiger partial charge in [0.15, 0.2) is 0 Å². The fourth-order valence-corrected chi connectivity index (χ4v) is 2.84. The van der Waals surface area contributed by atoms with Crippen LogP contribution in [0.2, 0.25) is 0 Å². The number of nitrogens with zero attached hydrogens (tertiary/aromatic N) is 3. The Morgan fingerprint density at radius 1 is 1.19 bits per heavy atom. The molecule has 27 heavy (non-hydrogen) atoms. The van der Waals surface area contributed by atoms with Crippen molar-refractivity contribution in [1.82, 2.24) is 9.88 Å². The van der Waals surface area contributed by atoms with Gasteiger partial charge < -0.3 is 19.9 Å². The number of aromatic nitrogens is 1. The van der Waals surface area contributed by atoms with Gasteiger partial charge in [0, 0.05) is 32.4 Å². The van der Waals surface area contributed by atoms with Crippen LogP contribution >= 0.6 is 0 Å². The third kappa shape index (κ3) is 4.52. The zero-order valence-electron chi connectivity index (χ0n) is 15.0. The second kappa shape index (κ2) is 8.48. The number of anilines is 2. The van der Waals surface area contributed by atoms with E-state index in [9.17, 15) is 14.0 Å². The molecular weight excluding hydrogens is 351 g/mol. The second-order valence-electron chi connectivity index (χ2n) is 6.04. The summed E-state index contributed by atoms with van der Waals surface area (Å²) >= 11 is 0. The van der Waals surface area contributed by atoms with Crippen molar-refractivity contribution >= 4 is 23.4 Å². The first-order valence-corrected chi connectivity index (χ1v) is 8.76. The Balaban J connectivity index is 1.65. The molecule has 0 aliphatic carbocycles. The normalized spacial score (nSPS) is 14.0. The molecule has 0 saturated carbocycles. The number of carbonyl (C=O) groups excluding carboxylic acids is 2. The van der Waals surface area contributed by atoms with Crippen molar-refractivity contribution in [2.75, 3.05) is 43.0 Å². The molecule has 0 atom stereocenters. The number of pyridine rings is 1. The van der Waals surface area contributed by atoms with Gasteiger partial charge in [-0.3, -0.25) is 9.78 Å². The van der Waals surface area contributed by atoms with Crippen LogP contribution in [-0.4, -0.2) is 54.7 Å². The van der Waals surface area contributed by atoms with Gasteiger partial charge in [-0.25, -0.2) is 9.18 Å². The van der Waals surface area contributed by atoms with Crippen LogP contribution in [0.1, 0.15) is 17.3 Å². The van der Waals surface area contributed by atoms with Crippen molar-refractivity contribution in [3.05, 3.63) is 54.1 Å². The fourth-order valence-electron chi connectivity index (χ4n) is 2.84. The summed E-state index contributed by atoms with van der Waals surface area (Å²) in [5, 5.41) is 2.55. The predicted octanol–water partition coefficient (Wildman–Crippen LogP) is 2.75. The number of rotatable bonds is 4. The molecule has 2 amide bonds. The van der Waals surface area contributed by atoms with Crippen molar-refractivity contribution < 1.29 is 18.7 Å².